The van der Waals surface area contributed by atoms with E-state index in [4.69, 9.17) is 22.4 Å². The van der Waals surface area contributed by atoms with E-state index in [0.29, 0.717) is 12.1 Å². The van der Waals surface area contributed by atoms with Gasteiger partial charge in [0.1, 0.15) is 5.82 Å². The summed E-state index contributed by atoms with van der Waals surface area (Å²) in [4.78, 5) is 11.1. The van der Waals surface area contributed by atoms with Crippen molar-refractivity contribution in [2.45, 2.75) is 0 Å². The number of aromatic carboxylic acids is 1. The third-order valence-electron chi connectivity index (χ3n) is 2.60. The first-order valence-corrected chi connectivity index (χ1v) is 5.91. The molecule has 0 heterocycles. The molecule has 4 nitrogen and oxygen atoms in total. The van der Waals surface area contributed by atoms with Gasteiger partial charge in [0.05, 0.1) is 22.0 Å². The monoisotopic (exact) mass is 316 g/mol. The third-order valence-corrected chi connectivity index (χ3v) is 2.89. The molecule has 0 aromatic heterocycles. The maximum absolute atomic E-state index is 13.6. The zero-order valence-corrected chi connectivity index (χ0v) is 11.0. The van der Waals surface area contributed by atoms with Crippen molar-refractivity contribution >= 4 is 34.6 Å². The summed E-state index contributed by atoms with van der Waals surface area (Å²) < 4.78 is 39.9. The van der Waals surface area contributed by atoms with Crippen molar-refractivity contribution in [1.29, 1.82) is 0 Å². The van der Waals surface area contributed by atoms with Gasteiger partial charge in [0.25, 0.3) is 0 Å². The summed E-state index contributed by atoms with van der Waals surface area (Å²) in [6, 6.07) is 3.36. The molecule has 0 amide bonds. The quantitative estimate of drug-likeness (QED) is 0.595. The number of benzene rings is 2. The molecule has 0 atom stereocenters. The van der Waals surface area contributed by atoms with Crippen LogP contribution in [0.15, 0.2) is 24.3 Å². The highest BCUT2D eigenvalue weighted by atomic mass is 35.5. The van der Waals surface area contributed by atoms with Crippen LogP contribution in [0, 0.1) is 17.5 Å². The molecule has 0 aliphatic heterocycles. The second kappa shape index (κ2) is 5.53. The fourth-order valence-corrected chi connectivity index (χ4v) is 1.98. The Morgan fingerprint density at radius 3 is 2.48 bits per heavy atom. The Morgan fingerprint density at radius 1 is 1.19 bits per heavy atom. The topological polar surface area (TPSA) is 75.3 Å². The number of halogens is 4. The molecule has 8 heteroatoms. The van der Waals surface area contributed by atoms with Gasteiger partial charge < -0.3 is 16.2 Å². The Hall–Kier alpha value is -2.41. The summed E-state index contributed by atoms with van der Waals surface area (Å²) in [5.74, 6) is -5.19. The van der Waals surface area contributed by atoms with Gasteiger partial charge in [0, 0.05) is 17.8 Å². The van der Waals surface area contributed by atoms with Crippen LogP contribution in [0.3, 0.4) is 0 Å². The van der Waals surface area contributed by atoms with Gasteiger partial charge in [-0.15, -0.1) is 0 Å². The summed E-state index contributed by atoms with van der Waals surface area (Å²) in [5.41, 5.74) is 4.39. The first-order chi connectivity index (χ1) is 9.79. The highest BCUT2D eigenvalue weighted by molar-refractivity contribution is 6.34. The van der Waals surface area contributed by atoms with E-state index >= 15 is 0 Å². The van der Waals surface area contributed by atoms with Crippen LogP contribution in [0.25, 0.3) is 0 Å². The largest absolute Gasteiger partial charge is 0.478 e. The van der Waals surface area contributed by atoms with Crippen LogP contribution >= 0.6 is 11.6 Å². The molecule has 4 N–H and O–H groups in total. The molecular formula is C13H8ClF3N2O2. The minimum Gasteiger partial charge on any atom is -0.478 e. The number of hydrogen-bond acceptors (Lipinski definition) is 3. The molecule has 0 aliphatic rings. The predicted octanol–water partition coefficient (Wildman–Crippen LogP) is 3.78. The highest BCUT2D eigenvalue weighted by Crippen LogP contribution is 2.33. The van der Waals surface area contributed by atoms with E-state index in [2.05, 4.69) is 5.32 Å². The van der Waals surface area contributed by atoms with Gasteiger partial charge >= 0.3 is 5.97 Å². The first kappa shape index (κ1) is 15.0. The molecule has 2 rings (SSSR count). The van der Waals surface area contributed by atoms with Crippen molar-refractivity contribution in [3.05, 3.63) is 52.3 Å². The van der Waals surface area contributed by atoms with Crippen LogP contribution in [0.4, 0.5) is 30.2 Å². The number of carboxylic acids is 1. The molecule has 2 aromatic carbocycles. The summed E-state index contributed by atoms with van der Waals surface area (Å²) >= 11 is 5.84. The molecule has 0 saturated heterocycles. The highest BCUT2D eigenvalue weighted by Gasteiger charge is 2.18. The lowest BCUT2D eigenvalue weighted by Gasteiger charge is -2.13. The van der Waals surface area contributed by atoms with Crippen LogP contribution in [0.2, 0.25) is 5.02 Å². The first-order valence-electron chi connectivity index (χ1n) is 5.53. The van der Waals surface area contributed by atoms with Crippen molar-refractivity contribution in [1.82, 2.24) is 0 Å². The normalized spacial score (nSPS) is 10.5. The molecule has 110 valence electrons. The second-order valence-corrected chi connectivity index (χ2v) is 4.51. The van der Waals surface area contributed by atoms with Crippen molar-refractivity contribution in [3.63, 3.8) is 0 Å². The number of rotatable bonds is 3. The predicted molar refractivity (Wildman–Crippen MR) is 72.4 cm³/mol. The SMILES string of the molecule is Nc1cc(Cl)c(Nc2cc(F)cc(F)c2F)c(C(=O)O)c1. The lowest BCUT2D eigenvalue weighted by Crippen LogP contribution is -2.06. The third kappa shape index (κ3) is 3.03. The van der Waals surface area contributed by atoms with Gasteiger partial charge in [-0.1, -0.05) is 11.6 Å². The number of anilines is 3. The van der Waals surface area contributed by atoms with Crippen LogP contribution in [0.5, 0.6) is 0 Å². The maximum atomic E-state index is 13.6. The molecule has 0 aliphatic carbocycles. The Kier molecular flexibility index (Phi) is 3.95. The van der Waals surface area contributed by atoms with Gasteiger partial charge in [-0.3, -0.25) is 0 Å². The van der Waals surface area contributed by atoms with E-state index in [0.717, 1.165) is 6.07 Å². The number of nitrogens with two attached hydrogens (primary N) is 1. The van der Waals surface area contributed by atoms with Crippen LogP contribution in [-0.2, 0) is 0 Å². The van der Waals surface area contributed by atoms with Crippen LogP contribution in [-0.4, -0.2) is 11.1 Å². The van der Waals surface area contributed by atoms with E-state index < -0.39 is 29.1 Å². The minimum atomic E-state index is -1.42. The van der Waals surface area contributed by atoms with E-state index in [1.165, 1.54) is 6.07 Å². The Labute approximate surface area is 121 Å². The summed E-state index contributed by atoms with van der Waals surface area (Å²) in [6.07, 6.45) is 0. The number of hydrogen-bond donors (Lipinski definition) is 3. The Balaban J connectivity index is 2.57. The fraction of sp³-hybridized carbons (Fsp3) is 0. The van der Waals surface area contributed by atoms with Crippen molar-refractivity contribution in [3.8, 4) is 0 Å². The van der Waals surface area contributed by atoms with E-state index in [1.807, 2.05) is 0 Å². The van der Waals surface area contributed by atoms with Crippen LogP contribution in [0.1, 0.15) is 10.4 Å². The lowest BCUT2D eigenvalue weighted by atomic mass is 10.1. The minimum absolute atomic E-state index is 0.0776. The smallest absolute Gasteiger partial charge is 0.337 e. The van der Waals surface area contributed by atoms with Crippen LogP contribution < -0.4 is 11.1 Å². The fourth-order valence-electron chi connectivity index (χ4n) is 1.70. The molecule has 2 aromatic rings. The molecule has 0 fully saturated rings. The number of carbonyl (C=O) groups is 1. The zero-order chi connectivity index (χ0) is 15.7. The number of nitrogens with one attached hydrogen (secondary N) is 1. The zero-order valence-electron chi connectivity index (χ0n) is 10.3. The molecule has 0 unspecified atom stereocenters. The molecule has 0 bridgehead atoms. The molecule has 0 radical (unpaired) electrons. The molecule has 21 heavy (non-hydrogen) atoms. The standard InChI is InChI=1S/C13H8ClF3N2O2/c14-8-4-6(18)3-7(13(20)21)12(8)19-10-2-5(15)1-9(16)11(10)17/h1-4,19H,18H2,(H,20,21). The van der Waals surface area contributed by atoms with E-state index in [-0.39, 0.29) is 22.0 Å². The van der Waals surface area contributed by atoms with E-state index in [1.54, 1.807) is 0 Å². The average molecular weight is 317 g/mol. The molecule has 0 spiro atoms. The van der Waals surface area contributed by atoms with Crippen molar-refractivity contribution < 1.29 is 23.1 Å². The van der Waals surface area contributed by atoms with Gasteiger partial charge in [0.2, 0.25) is 0 Å². The van der Waals surface area contributed by atoms with Gasteiger partial charge in [-0.25, -0.2) is 18.0 Å². The second-order valence-electron chi connectivity index (χ2n) is 4.10. The van der Waals surface area contributed by atoms with Crippen molar-refractivity contribution in [2.75, 3.05) is 11.1 Å². The number of carboxylic acid groups (broad SMARTS) is 1. The molecular weight excluding hydrogens is 309 g/mol. The molecule has 0 saturated carbocycles. The van der Waals surface area contributed by atoms with Gasteiger partial charge in [-0.05, 0) is 12.1 Å². The van der Waals surface area contributed by atoms with Gasteiger partial charge in [-0.2, -0.15) is 0 Å². The average Bonchev–Trinajstić information content (AvgIpc) is 2.37. The Morgan fingerprint density at radius 2 is 1.86 bits per heavy atom. The summed E-state index contributed by atoms with van der Waals surface area (Å²) in [7, 11) is 0. The lowest BCUT2D eigenvalue weighted by molar-refractivity contribution is 0.0698. The van der Waals surface area contributed by atoms with Crippen molar-refractivity contribution in [2.24, 2.45) is 0 Å². The maximum Gasteiger partial charge on any atom is 0.337 e. The Bertz CT molecular complexity index is 738. The van der Waals surface area contributed by atoms with E-state index in [9.17, 15) is 18.0 Å². The van der Waals surface area contributed by atoms with Gasteiger partial charge in [0.15, 0.2) is 11.6 Å². The summed E-state index contributed by atoms with van der Waals surface area (Å²) in [6.45, 7) is 0. The summed E-state index contributed by atoms with van der Waals surface area (Å²) in [5, 5.41) is 11.2. The number of nitrogen functional groups attached to an aromatic ring is 1.